The van der Waals surface area contributed by atoms with Crippen LogP contribution in [0.4, 0.5) is 5.69 Å². The highest BCUT2D eigenvalue weighted by atomic mass is 32.1. The minimum Gasteiger partial charge on any atom is -0.479 e. The Kier molecular flexibility index (Phi) is 6.43. The van der Waals surface area contributed by atoms with Gasteiger partial charge in [0.05, 0.1) is 5.71 Å². The van der Waals surface area contributed by atoms with Crippen molar-refractivity contribution in [1.82, 2.24) is 14.8 Å². The zero-order chi connectivity index (χ0) is 26.3. The van der Waals surface area contributed by atoms with E-state index in [-0.39, 0.29) is 6.42 Å². The Hall–Kier alpha value is -3.82. The van der Waals surface area contributed by atoms with Gasteiger partial charge in [-0.1, -0.05) is 49.4 Å². The van der Waals surface area contributed by atoms with E-state index in [1.165, 1.54) is 5.56 Å². The standard InChI is InChI=1S/C28H29N5O3S/c1-5-28(36,27(34)35)24-25-32-31-18(4)33(25)26-22(16(2)17(3)37-26)23(30-24)20-11-13-21(14-12-20)29-15-19-9-7-6-8-10-19/h6-14,24,29,36H,5,15H2,1-4H3,(H,34,35)/t24?,28-/m0/s1. The van der Waals surface area contributed by atoms with Crippen molar-refractivity contribution < 1.29 is 15.0 Å². The molecule has 1 aliphatic rings. The molecule has 1 aliphatic heterocycles. The molecule has 2 aromatic heterocycles. The number of benzene rings is 2. The summed E-state index contributed by atoms with van der Waals surface area (Å²) in [6, 6.07) is 17.0. The number of carbonyl (C=O) groups is 1. The van der Waals surface area contributed by atoms with Crippen molar-refractivity contribution in [2.24, 2.45) is 4.99 Å². The molecule has 0 saturated heterocycles. The predicted octanol–water partition coefficient (Wildman–Crippen LogP) is 4.98. The summed E-state index contributed by atoms with van der Waals surface area (Å²) in [6.45, 7) is 8.26. The van der Waals surface area contributed by atoms with Gasteiger partial charge in [0, 0.05) is 28.2 Å². The van der Waals surface area contributed by atoms with Crippen LogP contribution in [0.15, 0.2) is 59.6 Å². The van der Waals surface area contributed by atoms with Gasteiger partial charge in [-0.25, -0.2) is 4.79 Å². The van der Waals surface area contributed by atoms with Crippen molar-refractivity contribution in [3.05, 3.63) is 93.4 Å². The lowest BCUT2D eigenvalue weighted by Gasteiger charge is -2.28. The van der Waals surface area contributed by atoms with E-state index in [0.29, 0.717) is 23.9 Å². The molecule has 0 aliphatic carbocycles. The summed E-state index contributed by atoms with van der Waals surface area (Å²) in [5, 5.41) is 34.2. The van der Waals surface area contributed by atoms with E-state index in [1.807, 2.05) is 60.9 Å². The third kappa shape index (κ3) is 4.24. The number of fused-ring (bicyclic) bond motifs is 3. The number of carboxylic acid groups (broad SMARTS) is 1. The molecular formula is C28H29N5O3S. The van der Waals surface area contributed by atoms with Crippen LogP contribution in [0, 0.1) is 20.8 Å². The molecule has 8 nitrogen and oxygen atoms in total. The van der Waals surface area contributed by atoms with Crippen molar-refractivity contribution in [1.29, 1.82) is 0 Å². The SMILES string of the molecule is CC[C@@](O)(C(=O)O)C1N=C(c2ccc(NCc3ccccc3)cc2)c2c(sc(C)c2C)-n2c(C)nnc21. The quantitative estimate of drug-likeness (QED) is 0.320. The summed E-state index contributed by atoms with van der Waals surface area (Å²) < 4.78 is 1.85. The fraction of sp³-hybridized carbons (Fsp3) is 0.286. The number of hydrogen-bond acceptors (Lipinski definition) is 7. The average molecular weight is 516 g/mol. The first-order chi connectivity index (χ1) is 17.7. The third-order valence-electron chi connectivity index (χ3n) is 7.02. The maximum atomic E-state index is 12.3. The van der Waals surface area contributed by atoms with Crippen LogP contribution in [0.1, 0.15) is 58.2 Å². The van der Waals surface area contributed by atoms with Crippen LogP contribution in [0.5, 0.6) is 0 Å². The Labute approximate surface area is 219 Å². The Balaban J connectivity index is 1.63. The van der Waals surface area contributed by atoms with Crippen LogP contribution in [0.25, 0.3) is 5.00 Å². The topological polar surface area (TPSA) is 113 Å². The molecule has 0 radical (unpaired) electrons. The number of aryl methyl sites for hydroxylation is 2. The molecule has 190 valence electrons. The molecule has 5 rings (SSSR count). The summed E-state index contributed by atoms with van der Waals surface area (Å²) in [5.41, 5.74) is 3.43. The van der Waals surface area contributed by atoms with Gasteiger partial charge in [0.2, 0.25) is 0 Å². The van der Waals surface area contributed by atoms with Crippen LogP contribution in [-0.4, -0.2) is 42.3 Å². The predicted molar refractivity (Wildman–Crippen MR) is 145 cm³/mol. The van der Waals surface area contributed by atoms with Crippen LogP contribution in [0.2, 0.25) is 0 Å². The maximum Gasteiger partial charge on any atom is 0.338 e. The molecule has 0 fully saturated rings. The molecule has 3 heterocycles. The number of hydrogen-bond donors (Lipinski definition) is 3. The van der Waals surface area contributed by atoms with Gasteiger partial charge in [-0.2, -0.15) is 0 Å². The summed E-state index contributed by atoms with van der Waals surface area (Å²) >= 11 is 1.59. The van der Waals surface area contributed by atoms with Crippen LogP contribution in [-0.2, 0) is 11.3 Å². The second-order valence-electron chi connectivity index (χ2n) is 9.28. The lowest BCUT2D eigenvalue weighted by Crippen LogP contribution is -2.44. The Bertz CT molecular complexity index is 1490. The van der Waals surface area contributed by atoms with Crippen molar-refractivity contribution in [2.75, 3.05) is 5.32 Å². The van der Waals surface area contributed by atoms with Gasteiger partial charge in [-0.15, -0.1) is 21.5 Å². The summed E-state index contributed by atoms with van der Waals surface area (Å²) in [4.78, 5) is 18.4. The van der Waals surface area contributed by atoms with Crippen LogP contribution in [0.3, 0.4) is 0 Å². The van der Waals surface area contributed by atoms with E-state index in [2.05, 4.69) is 34.6 Å². The highest BCUT2D eigenvalue weighted by Gasteiger charge is 2.48. The zero-order valence-electron chi connectivity index (χ0n) is 21.2. The summed E-state index contributed by atoms with van der Waals surface area (Å²) in [5.74, 6) is -0.403. The van der Waals surface area contributed by atoms with Gasteiger partial charge in [0.15, 0.2) is 17.5 Å². The molecule has 2 aromatic carbocycles. The van der Waals surface area contributed by atoms with Gasteiger partial charge in [0.25, 0.3) is 0 Å². The van der Waals surface area contributed by atoms with E-state index < -0.39 is 17.6 Å². The highest BCUT2D eigenvalue weighted by Crippen LogP contribution is 2.42. The minimum atomic E-state index is -2.14. The van der Waals surface area contributed by atoms with E-state index >= 15 is 0 Å². The fourth-order valence-corrected chi connectivity index (χ4v) is 5.86. The second kappa shape index (κ2) is 9.57. The number of aromatic nitrogens is 3. The molecule has 1 unspecified atom stereocenters. The molecule has 3 N–H and O–H groups in total. The van der Waals surface area contributed by atoms with Gasteiger partial charge < -0.3 is 15.5 Å². The molecule has 0 saturated carbocycles. The summed E-state index contributed by atoms with van der Waals surface area (Å²) in [6.07, 6.45) is -0.0380. The monoisotopic (exact) mass is 515 g/mol. The van der Waals surface area contributed by atoms with Gasteiger partial charge in [-0.05, 0) is 50.5 Å². The van der Waals surface area contributed by atoms with E-state index in [4.69, 9.17) is 4.99 Å². The third-order valence-corrected chi connectivity index (χ3v) is 8.21. The molecule has 9 heteroatoms. The van der Waals surface area contributed by atoms with E-state index in [0.717, 1.165) is 32.3 Å². The summed E-state index contributed by atoms with van der Waals surface area (Å²) in [7, 11) is 0. The average Bonchev–Trinajstić information content (AvgIpc) is 3.37. The molecular weight excluding hydrogens is 486 g/mol. The van der Waals surface area contributed by atoms with E-state index in [9.17, 15) is 15.0 Å². The van der Waals surface area contributed by atoms with Crippen LogP contribution >= 0.6 is 11.3 Å². The Morgan fingerprint density at radius 3 is 2.43 bits per heavy atom. The zero-order valence-corrected chi connectivity index (χ0v) is 22.0. The van der Waals surface area contributed by atoms with E-state index in [1.54, 1.807) is 18.3 Å². The Morgan fingerprint density at radius 1 is 1.08 bits per heavy atom. The second-order valence-corrected chi connectivity index (χ2v) is 10.5. The molecule has 4 aromatic rings. The molecule has 37 heavy (non-hydrogen) atoms. The van der Waals surface area contributed by atoms with Crippen molar-refractivity contribution in [3.63, 3.8) is 0 Å². The smallest absolute Gasteiger partial charge is 0.338 e. The number of rotatable bonds is 7. The normalized spacial score (nSPS) is 16.2. The molecule has 0 bridgehead atoms. The number of nitrogens with zero attached hydrogens (tertiary/aromatic N) is 4. The lowest BCUT2D eigenvalue weighted by molar-refractivity contribution is -0.161. The molecule has 2 atom stereocenters. The number of aliphatic imine (C=N–C) groups is 1. The number of aliphatic hydroxyl groups is 1. The molecule has 0 spiro atoms. The largest absolute Gasteiger partial charge is 0.479 e. The first-order valence-electron chi connectivity index (χ1n) is 12.2. The fourth-order valence-electron chi connectivity index (χ4n) is 4.65. The van der Waals surface area contributed by atoms with Gasteiger partial charge in [-0.3, -0.25) is 9.56 Å². The van der Waals surface area contributed by atoms with Gasteiger partial charge in [0.1, 0.15) is 10.8 Å². The van der Waals surface area contributed by atoms with Crippen molar-refractivity contribution in [2.45, 2.75) is 52.3 Å². The molecule has 0 amide bonds. The number of carboxylic acids is 1. The highest BCUT2D eigenvalue weighted by molar-refractivity contribution is 7.15. The first-order valence-corrected chi connectivity index (χ1v) is 13.0. The van der Waals surface area contributed by atoms with Crippen molar-refractivity contribution >= 4 is 28.7 Å². The number of aliphatic carboxylic acids is 1. The van der Waals surface area contributed by atoms with Crippen LogP contribution < -0.4 is 5.32 Å². The number of anilines is 1. The Morgan fingerprint density at radius 2 is 1.78 bits per heavy atom. The number of thiophene rings is 1. The lowest BCUT2D eigenvalue weighted by atomic mass is 9.90. The minimum absolute atomic E-state index is 0.0380. The van der Waals surface area contributed by atoms with Crippen molar-refractivity contribution in [3.8, 4) is 5.00 Å². The number of nitrogens with one attached hydrogen (secondary N) is 1. The first kappa shape index (κ1) is 24.9. The maximum absolute atomic E-state index is 12.3. The van der Waals surface area contributed by atoms with Gasteiger partial charge >= 0.3 is 5.97 Å².